The Morgan fingerprint density at radius 3 is 2.58 bits per heavy atom. The van der Waals surface area contributed by atoms with Crippen molar-refractivity contribution in [1.82, 2.24) is 19.1 Å². The molecular weight excluding hydrogens is 408 g/mol. The number of piperidine rings is 1. The highest BCUT2D eigenvalue weighted by Gasteiger charge is 2.33. The van der Waals surface area contributed by atoms with Crippen molar-refractivity contribution in [2.75, 3.05) is 13.1 Å². The third-order valence-electron chi connectivity index (χ3n) is 5.93. The molecule has 1 saturated heterocycles. The largest absolute Gasteiger partial charge is 0.271 e. The van der Waals surface area contributed by atoms with Crippen LogP contribution in [0.2, 0.25) is 0 Å². The number of hydrogen-bond acceptors (Lipinski definition) is 4. The van der Waals surface area contributed by atoms with Gasteiger partial charge in [-0.15, -0.1) is 0 Å². The second-order valence-electron chi connectivity index (χ2n) is 8.34. The molecule has 3 aromatic rings. The predicted octanol–water partition coefficient (Wildman–Crippen LogP) is 4.07. The molecule has 0 radical (unpaired) electrons. The minimum absolute atomic E-state index is 0.0967. The number of nitrogens with zero attached hydrogens (tertiary/aromatic N) is 4. The Morgan fingerprint density at radius 1 is 1.10 bits per heavy atom. The standard InChI is InChI=1S/C24H30N4O2S/c1-4-27-17-24(19(3)26-27)31(29,30)28-12-8-11-22(16-28)23-15-21(13-18(2)25-23)14-20-9-6-5-7-10-20/h5-7,9-10,13,15,17,22H,4,8,11-12,14,16H2,1-3H3/t22-/m1/s1. The van der Waals surface area contributed by atoms with E-state index in [0.717, 1.165) is 30.7 Å². The van der Waals surface area contributed by atoms with Gasteiger partial charge in [0.2, 0.25) is 10.0 Å². The van der Waals surface area contributed by atoms with Gasteiger partial charge in [-0.3, -0.25) is 9.67 Å². The fraction of sp³-hybridized carbons (Fsp3) is 0.417. The van der Waals surface area contributed by atoms with Crippen molar-refractivity contribution in [2.45, 2.75) is 57.4 Å². The zero-order valence-corrected chi connectivity index (χ0v) is 19.3. The fourth-order valence-corrected chi connectivity index (χ4v) is 6.06. The van der Waals surface area contributed by atoms with E-state index in [-0.39, 0.29) is 5.92 Å². The van der Waals surface area contributed by atoms with E-state index in [1.165, 1.54) is 11.1 Å². The van der Waals surface area contributed by atoms with Crippen LogP contribution in [0.3, 0.4) is 0 Å². The highest BCUT2D eigenvalue weighted by molar-refractivity contribution is 7.89. The number of aryl methyl sites for hydroxylation is 3. The van der Waals surface area contributed by atoms with Crippen LogP contribution in [0.1, 0.15) is 53.9 Å². The molecule has 0 saturated carbocycles. The molecular formula is C24H30N4O2S. The fourth-order valence-electron chi connectivity index (χ4n) is 4.37. The normalized spacial score (nSPS) is 17.7. The molecule has 1 aliphatic heterocycles. The van der Waals surface area contributed by atoms with Crippen LogP contribution in [0.5, 0.6) is 0 Å². The van der Waals surface area contributed by atoms with E-state index in [1.54, 1.807) is 22.1 Å². The van der Waals surface area contributed by atoms with E-state index in [9.17, 15) is 8.42 Å². The molecule has 3 heterocycles. The van der Waals surface area contributed by atoms with Crippen molar-refractivity contribution in [1.29, 1.82) is 0 Å². The summed E-state index contributed by atoms with van der Waals surface area (Å²) in [5.74, 6) is 0.0967. The summed E-state index contributed by atoms with van der Waals surface area (Å²) >= 11 is 0. The first-order valence-corrected chi connectivity index (χ1v) is 12.4. The molecule has 6 nitrogen and oxygen atoms in total. The van der Waals surface area contributed by atoms with Crippen LogP contribution in [0, 0.1) is 13.8 Å². The van der Waals surface area contributed by atoms with Crippen LogP contribution >= 0.6 is 0 Å². The van der Waals surface area contributed by atoms with Gasteiger partial charge in [-0.25, -0.2) is 8.42 Å². The van der Waals surface area contributed by atoms with Crippen LogP contribution in [0.25, 0.3) is 0 Å². The summed E-state index contributed by atoms with van der Waals surface area (Å²) in [6.45, 7) is 7.38. The van der Waals surface area contributed by atoms with Gasteiger partial charge in [0.15, 0.2) is 0 Å². The summed E-state index contributed by atoms with van der Waals surface area (Å²) in [4.78, 5) is 5.10. The van der Waals surface area contributed by atoms with Crippen LogP contribution in [-0.4, -0.2) is 40.6 Å². The van der Waals surface area contributed by atoms with Gasteiger partial charge in [0.05, 0.1) is 5.69 Å². The van der Waals surface area contributed by atoms with E-state index in [1.807, 2.05) is 19.9 Å². The number of hydrogen-bond donors (Lipinski definition) is 0. The lowest BCUT2D eigenvalue weighted by Crippen LogP contribution is -2.39. The summed E-state index contributed by atoms with van der Waals surface area (Å²) in [5.41, 5.74) is 5.00. The highest BCUT2D eigenvalue weighted by atomic mass is 32.2. The summed E-state index contributed by atoms with van der Waals surface area (Å²) < 4.78 is 30.0. The summed E-state index contributed by atoms with van der Waals surface area (Å²) in [5, 5.41) is 4.33. The minimum Gasteiger partial charge on any atom is -0.271 e. The van der Waals surface area contributed by atoms with Gasteiger partial charge in [-0.2, -0.15) is 9.40 Å². The monoisotopic (exact) mass is 438 g/mol. The average Bonchev–Trinajstić information content (AvgIpc) is 3.16. The maximum Gasteiger partial charge on any atom is 0.246 e. The van der Waals surface area contributed by atoms with Crippen molar-refractivity contribution >= 4 is 10.0 Å². The zero-order valence-electron chi connectivity index (χ0n) is 18.5. The number of aromatic nitrogens is 3. The molecule has 7 heteroatoms. The quantitative estimate of drug-likeness (QED) is 0.582. The molecule has 0 spiro atoms. The van der Waals surface area contributed by atoms with Gasteiger partial charge in [0.1, 0.15) is 4.90 Å². The average molecular weight is 439 g/mol. The second-order valence-corrected chi connectivity index (χ2v) is 10.2. The molecule has 0 unspecified atom stereocenters. The summed E-state index contributed by atoms with van der Waals surface area (Å²) in [7, 11) is -3.57. The van der Waals surface area contributed by atoms with Crippen LogP contribution in [0.15, 0.2) is 53.6 Å². The molecule has 1 aromatic carbocycles. The van der Waals surface area contributed by atoms with Crippen molar-refractivity contribution in [3.8, 4) is 0 Å². The maximum absolute atomic E-state index is 13.3. The van der Waals surface area contributed by atoms with Gasteiger partial charge in [0, 0.05) is 43.1 Å². The lowest BCUT2D eigenvalue weighted by atomic mass is 9.93. The number of benzene rings is 1. The summed E-state index contributed by atoms with van der Waals surface area (Å²) in [6.07, 6.45) is 4.27. The molecule has 0 N–H and O–H groups in total. The molecule has 1 aliphatic rings. The van der Waals surface area contributed by atoms with Gasteiger partial charge in [0.25, 0.3) is 0 Å². The Labute approximate surface area is 185 Å². The second kappa shape index (κ2) is 8.93. The molecule has 1 fully saturated rings. The first kappa shape index (κ1) is 21.7. The molecule has 164 valence electrons. The molecule has 1 atom stereocenters. The number of sulfonamides is 1. The van der Waals surface area contributed by atoms with Crippen molar-refractivity contribution in [3.05, 3.63) is 76.9 Å². The lowest BCUT2D eigenvalue weighted by molar-refractivity contribution is 0.312. The Bertz CT molecular complexity index is 1160. The third-order valence-corrected chi connectivity index (χ3v) is 7.90. The minimum atomic E-state index is -3.57. The van der Waals surface area contributed by atoms with Gasteiger partial charge >= 0.3 is 0 Å². The maximum atomic E-state index is 13.3. The first-order chi connectivity index (χ1) is 14.9. The Balaban J connectivity index is 1.57. The SMILES string of the molecule is CCn1cc(S(=O)(=O)N2CCC[C@@H](c3cc(Cc4ccccc4)cc(C)n3)C2)c(C)n1. The van der Waals surface area contributed by atoms with Gasteiger partial charge in [-0.1, -0.05) is 30.3 Å². The van der Waals surface area contributed by atoms with Crippen LogP contribution in [0.4, 0.5) is 0 Å². The van der Waals surface area contributed by atoms with Crippen LogP contribution < -0.4 is 0 Å². The molecule has 0 amide bonds. The van der Waals surface area contributed by atoms with E-state index in [0.29, 0.717) is 30.2 Å². The van der Waals surface area contributed by atoms with E-state index < -0.39 is 10.0 Å². The highest BCUT2D eigenvalue weighted by Crippen LogP contribution is 2.31. The Hall–Kier alpha value is -2.51. The van der Waals surface area contributed by atoms with E-state index in [2.05, 4.69) is 41.5 Å². The van der Waals surface area contributed by atoms with Crippen molar-refractivity contribution in [3.63, 3.8) is 0 Å². The van der Waals surface area contributed by atoms with Gasteiger partial charge < -0.3 is 0 Å². The molecule has 0 bridgehead atoms. The number of rotatable bonds is 6. The van der Waals surface area contributed by atoms with E-state index >= 15 is 0 Å². The van der Waals surface area contributed by atoms with E-state index in [4.69, 9.17) is 4.98 Å². The van der Waals surface area contributed by atoms with Gasteiger partial charge in [-0.05, 0) is 63.3 Å². The molecule has 4 rings (SSSR count). The van der Waals surface area contributed by atoms with Crippen molar-refractivity contribution < 1.29 is 8.42 Å². The lowest BCUT2D eigenvalue weighted by Gasteiger charge is -2.31. The molecule has 2 aromatic heterocycles. The number of pyridine rings is 1. The summed E-state index contributed by atoms with van der Waals surface area (Å²) in [6, 6.07) is 14.7. The third kappa shape index (κ3) is 4.72. The molecule has 0 aliphatic carbocycles. The smallest absolute Gasteiger partial charge is 0.246 e. The first-order valence-electron chi connectivity index (χ1n) is 10.9. The molecule has 31 heavy (non-hydrogen) atoms. The topological polar surface area (TPSA) is 68.1 Å². The van der Waals surface area contributed by atoms with Crippen molar-refractivity contribution in [2.24, 2.45) is 0 Å². The zero-order chi connectivity index (χ0) is 22.0. The van der Waals surface area contributed by atoms with Crippen LogP contribution in [-0.2, 0) is 23.0 Å². The Kier molecular flexibility index (Phi) is 6.25. The predicted molar refractivity (Wildman–Crippen MR) is 122 cm³/mol. The Morgan fingerprint density at radius 2 is 1.87 bits per heavy atom.